The summed E-state index contributed by atoms with van der Waals surface area (Å²) in [4.78, 5) is 13.8. The molecule has 0 bridgehead atoms. The second-order valence-corrected chi connectivity index (χ2v) is 8.28. The predicted molar refractivity (Wildman–Crippen MR) is 119 cm³/mol. The maximum Gasteiger partial charge on any atom is 0.416 e. The number of carbonyl (C=O) groups excluding carboxylic acids is 1. The number of allylic oxidation sites excluding steroid dienone is 1. The van der Waals surface area contributed by atoms with Crippen LogP contribution < -0.4 is 0 Å². The zero-order chi connectivity index (χ0) is 22.3. The lowest BCUT2D eigenvalue weighted by Crippen LogP contribution is -2.08. The summed E-state index contributed by atoms with van der Waals surface area (Å²) in [7, 11) is 0. The van der Waals surface area contributed by atoms with Crippen LogP contribution in [0.15, 0.2) is 95.9 Å². The summed E-state index contributed by atoms with van der Waals surface area (Å²) in [5, 5.41) is 5.31. The number of carbonyl (C=O) groups is 1. The van der Waals surface area contributed by atoms with E-state index in [0.717, 1.165) is 39.5 Å². The number of benzene rings is 3. The minimum absolute atomic E-state index is 0.182. The Morgan fingerprint density at radius 3 is 2.31 bits per heavy atom. The highest BCUT2D eigenvalue weighted by atomic mass is 32.2. The minimum atomic E-state index is -4.44. The summed E-state index contributed by atoms with van der Waals surface area (Å²) in [5.74, 6) is -0.386. The fourth-order valence-corrected chi connectivity index (χ4v) is 4.57. The Bertz CT molecular complexity index is 1340. The Balaban J connectivity index is 1.56. The van der Waals surface area contributed by atoms with Crippen LogP contribution in [-0.4, -0.2) is 15.6 Å². The van der Waals surface area contributed by atoms with Crippen molar-refractivity contribution in [2.24, 2.45) is 0 Å². The molecule has 0 atom stereocenters. The van der Waals surface area contributed by atoms with Gasteiger partial charge in [-0.1, -0.05) is 72.4 Å². The second-order valence-electron chi connectivity index (χ2n) is 7.21. The van der Waals surface area contributed by atoms with Crippen molar-refractivity contribution in [3.63, 3.8) is 0 Å². The van der Waals surface area contributed by atoms with Crippen molar-refractivity contribution in [1.29, 1.82) is 0 Å². The van der Waals surface area contributed by atoms with Crippen molar-refractivity contribution in [2.75, 3.05) is 0 Å². The maximum absolute atomic E-state index is 12.9. The third-order valence-electron chi connectivity index (χ3n) is 5.12. The fourth-order valence-electron chi connectivity index (χ4n) is 3.52. The molecule has 1 aromatic heterocycles. The van der Waals surface area contributed by atoms with Crippen LogP contribution in [0.2, 0.25) is 0 Å². The maximum atomic E-state index is 12.9. The van der Waals surface area contributed by atoms with E-state index in [1.54, 1.807) is 4.68 Å². The summed E-state index contributed by atoms with van der Waals surface area (Å²) in [6.45, 7) is 0. The van der Waals surface area contributed by atoms with E-state index in [2.05, 4.69) is 0 Å². The number of aromatic nitrogens is 2. The van der Waals surface area contributed by atoms with Gasteiger partial charge in [0.25, 0.3) is 0 Å². The predicted octanol–water partition coefficient (Wildman–Crippen LogP) is 7.02. The number of thioether (sulfide) groups is 1. The number of fused-ring (bicyclic) bond motifs is 3. The van der Waals surface area contributed by atoms with Gasteiger partial charge in [-0.15, -0.1) is 0 Å². The van der Waals surface area contributed by atoms with Gasteiger partial charge in [-0.25, -0.2) is 4.68 Å². The van der Waals surface area contributed by atoms with Crippen LogP contribution in [0.3, 0.4) is 0 Å². The molecule has 3 nitrogen and oxygen atoms in total. The number of halogens is 3. The number of ketones is 1. The van der Waals surface area contributed by atoms with E-state index >= 15 is 0 Å². The molecular formula is C25H15F3N2OS. The highest BCUT2D eigenvalue weighted by molar-refractivity contribution is 8.08. The number of hydrogen-bond acceptors (Lipinski definition) is 3. The molecule has 4 aromatic rings. The molecule has 0 aliphatic carbocycles. The van der Waals surface area contributed by atoms with Crippen LogP contribution in [0, 0.1) is 0 Å². The molecule has 7 heteroatoms. The molecule has 0 fully saturated rings. The monoisotopic (exact) mass is 448 g/mol. The van der Waals surface area contributed by atoms with E-state index in [4.69, 9.17) is 5.10 Å². The van der Waals surface area contributed by atoms with Gasteiger partial charge >= 0.3 is 6.18 Å². The number of alkyl halides is 3. The van der Waals surface area contributed by atoms with Gasteiger partial charge in [0.05, 0.1) is 17.0 Å². The third-order valence-corrected chi connectivity index (χ3v) is 6.19. The molecule has 5 rings (SSSR count). The molecule has 158 valence electrons. The van der Waals surface area contributed by atoms with Crippen molar-refractivity contribution in [2.45, 2.75) is 11.1 Å². The van der Waals surface area contributed by atoms with Crippen LogP contribution in [0.4, 0.5) is 13.2 Å². The van der Waals surface area contributed by atoms with Crippen molar-refractivity contribution in [3.05, 3.63) is 102 Å². The van der Waals surface area contributed by atoms with Crippen molar-refractivity contribution in [3.8, 4) is 22.5 Å². The molecule has 0 saturated carbocycles. The van der Waals surface area contributed by atoms with Gasteiger partial charge < -0.3 is 0 Å². The summed E-state index contributed by atoms with van der Waals surface area (Å²) in [5.41, 5.74) is 2.97. The molecule has 0 spiro atoms. The van der Waals surface area contributed by atoms with Gasteiger partial charge in [0, 0.05) is 27.7 Å². The quantitative estimate of drug-likeness (QED) is 0.249. The molecule has 0 radical (unpaired) electrons. The number of nitrogens with zero attached hydrogens (tertiary/aromatic N) is 2. The molecule has 2 heterocycles. The Labute approximate surface area is 186 Å². The minimum Gasteiger partial charge on any atom is -0.289 e. The van der Waals surface area contributed by atoms with E-state index < -0.39 is 11.7 Å². The van der Waals surface area contributed by atoms with Gasteiger partial charge in [0.15, 0.2) is 5.78 Å². The summed E-state index contributed by atoms with van der Waals surface area (Å²) in [6.07, 6.45) is -3.02. The number of hydrogen-bond donors (Lipinski definition) is 0. The Morgan fingerprint density at radius 1 is 0.906 bits per heavy atom. The fraction of sp³-hybridized carbons (Fsp3) is 0.0400. The van der Waals surface area contributed by atoms with Gasteiger partial charge in [0.2, 0.25) is 0 Å². The van der Waals surface area contributed by atoms with Crippen molar-refractivity contribution in [1.82, 2.24) is 9.78 Å². The van der Waals surface area contributed by atoms with E-state index in [1.165, 1.54) is 30.0 Å². The largest absolute Gasteiger partial charge is 0.416 e. The third kappa shape index (κ3) is 3.76. The topological polar surface area (TPSA) is 34.9 Å². The zero-order valence-corrected chi connectivity index (χ0v) is 17.3. The lowest BCUT2D eigenvalue weighted by atomic mass is 10.1. The van der Waals surface area contributed by atoms with Crippen LogP contribution in [0.25, 0.3) is 27.5 Å². The molecular weight excluding hydrogens is 433 g/mol. The van der Waals surface area contributed by atoms with Gasteiger partial charge in [0.1, 0.15) is 5.03 Å². The Hall–Kier alpha value is -3.58. The molecule has 0 saturated heterocycles. The Morgan fingerprint density at radius 2 is 1.59 bits per heavy atom. The lowest BCUT2D eigenvalue weighted by Gasteiger charge is -2.19. The second kappa shape index (κ2) is 7.84. The normalized spacial score (nSPS) is 14.2. The average Bonchev–Trinajstić information content (AvgIpc) is 3.25. The van der Waals surface area contributed by atoms with Gasteiger partial charge in [-0.05, 0) is 24.3 Å². The van der Waals surface area contributed by atoms with Gasteiger partial charge in [-0.2, -0.15) is 18.3 Å². The van der Waals surface area contributed by atoms with E-state index in [1.807, 2.05) is 60.7 Å². The first-order chi connectivity index (χ1) is 15.4. The molecule has 1 aliphatic rings. The summed E-state index contributed by atoms with van der Waals surface area (Å²) < 4.78 is 40.2. The van der Waals surface area contributed by atoms with Gasteiger partial charge in [-0.3, -0.25) is 4.79 Å². The SMILES string of the molecule is O=C(/C=C1/Sc2ccccc2-c2cc(-c3ccccc3)nn21)c1ccc(C(F)(F)F)cc1. The summed E-state index contributed by atoms with van der Waals surface area (Å²) in [6, 6.07) is 23.8. The van der Waals surface area contributed by atoms with Crippen LogP contribution in [0.5, 0.6) is 0 Å². The van der Waals surface area contributed by atoms with Crippen LogP contribution >= 0.6 is 11.8 Å². The smallest absolute Gasteiger partial charge is 0.289 e. The highest BCUT2D eigenvalue weighted by Gasteiger charge is 2.30. The molecule has 0 N–H and O–H groups in total. The van der Waals surface area contributed by atoms with Crippen molar-refractivity contribution < 1.29 is 18.0 Å². The number of rotatable bonds is 3. The zero-order valence-electron chi connectivity index (χ0n) is 16.5. The first-order valence-electron chi connectivity index (χ1n) is 9.76. The molecule has 1 aliphatic heterocycles. The molecule has 0 unspecified atom stereocenters. The standard InChI is InChI=1S/C25H15F3N2OS/c26-25(27,28)18-12-10-17(11-13-18)22(31)15-24-30-21(19-8-4-5-9-23(19)32-24)14-20(29-30)16-6-2-1-3-7-16/h1-15H/b24-15+. The molecule has 3 aromatic carbocycles. The molecule has 0 amide bonds. The van der Waals surface area contributed by atoms with E-state index in [0.29, 0.717) is 5.03 Å². The van der Waals surface area contributed by atoms with E-state index in [9.17, 15) is 18.0 Å². The van der Waals surface area contributed by atoms with Crippen LogP contribution in [0.1, 0.15) is 15.9 Å². The first-order valence-corrected chi connectivity index (χ1v) is 10.6. The molecule has 32 heavy (non-hydrogen) atoms. The highest BCUT2D eigenvalue weighted by Crippen LogP contribution is 2.45. The summed E-state index contributed by atoms with van der Waals surface area (Å²) >= 11 is 1.40. The lowest BCUT2D eigenvalue weighted by molar-refractivity contribution is -0.137. The average molecular weight is 448 g/mol. The Kier molecular flexibility index (Phi) is 4.98. The van der Waals surface area contributed by atoms with Crippen LogP contribution in [-0.2, 0) is 6.18 Å². The van der Waals surface area contributed by atoms with E-state index in [-0.39, 0.29) is 11.3 Å². The van der Waals surface area contributed by atoms with Crippen molar-refractivity contribution >= 4 is 22.6 Å². The first kappa shape index (κ1) is 20.3.